The van der Waals surface area contributed by atoms with Crippen LogP contribution in [-0.2, 0) is 6.54 Å². The van der Waals surface area contributed by atoms with E-state index in [4.69, 9.17) is 0 Å². The van der Waals surface area contributed by atoms with E-state index in [1.54, 1.807) is 0 Å². The third-order valence-electron chi connectivity index (χ3n) is 3.11. The van der Waals surface area contributed by atoms with Gasteiger partial charge in [-0.15, -0.1) is 13.2 Å². The van der Waals surface area contributed by atoms with Crippen molar-refractivity contribution in [3.05, 3.63) is 73.2 Å². The Labute approximate surface area is 120 Å². The first kappa shape index (κ1) is 14.3. The Morgan fingerprint density at radius 2 is 1.90 bits per heavy atom. The van der Waals surface area contributed by atoms with E-state index in [1.165, 1.54) is 5.69 Å². The van der Waals surface area contributed by atoms with Crippen molar-refractivity contribution < 1.29 is 0 Å². The van der Waals surface area contributed by atoms with Crippen molar-refractivity contribution in [1.82, 2.24) is 14.5 Å². The van der Waals surface area contributed by atoms with Crippen LogP contribution in [0.2, 0.25) is 0 Å². The normalized spacial score (nSPS) is 10.7. The molecule has 3 nitrogen and oxygen atoms in total. The first-order valence-corrected chi connectivity index (χ1v) is 6.79. The van der Waals surface area contributed by atoms with Gasteiger partial charge in [-0.25, -0.2) is 4.98 Å². The number of hydrogen-bond donors (Lipinski definition) is 0. The summed E-state index contributed by atoms with van der Waals surface area (Å²) in [6.45, 7) is 12.2. The average molecular weight is 267 g/mol. The quantitative estimate of drug-likeness (QED) is 0.717. The minimum absolute atomic E-state index is 0.846. The van der Waals surface area contributed by atoms with Gasteiger partial charge in [0.15, 0.2) is 0 Å². The summed E-state index contributed by atoms with van der Waals surface area (Å²) in [5.74, 6) is 0.960. The van der Waals surface area contributed by atoms with Crippen molar-refractivity contribution >= 4 is 0 Å². The predicted molar refractivity (Wildman–Crippen MR) is 84.0 cm³/mol. The first-order chi connectivity index (χ1) is 9.74. The number of pyridine rings is 1. The van der Waals surface area contributed by atoms with Crippen LogP contribution in [0.4, 0.5) is 0 Å². The van der Waals surface area contributed by atoms with E-state index in [-0.39, 0.29) is 0 Å². The molecule has 0 unspecified atom stereocenters. The zero-order chi connectivity index (χ0) is 14.4. The number of nitrogens with zero attached hydrogens (tertiary/aromatic N) is 3. The standard InChI is InChI=1S/C17H21N3/c1-4-11-19(12-5-2)14-16-9-7-13-20(16)17-10-6-8-15(3)18-17/h4-10,13H,1-2,11-12,14H2,3H3. The molecule has 2 aromatic heterocycles. The van der Waals surface area contributed by atoms with Crippen LogP contribution in [0.25, 0.3) is 5.82 Å². The highest BCUT2D eigenvalue weighted by atomic mass is 15.2. The van der Waals surface area contributed by atoms with E-state index in [0.29, 0.717) is 0 Å². The molecule has 2 rings (SSSR count). The second-order valence-electron chi connectivity index (χ2n) is 4.78. The van der Waals surface area contributed by atoms with Gasteiger partial charge in [0.25, 0.3) is 0 Å². The van der Waals surface area contributed by atoms with E-state index in [9.17, 15) is 0 Å². The molecule has 0 aliphatic rings. The van der Waals surface area contributed by atoms with E-state index < -0.39 is 0 Å². The lowest BCUT2D eigenvalue weighted by Gasteiger charge is -2.19. The topological polar surface area (TPSA) is 21.1 Å². The lowest BCUT2D eigenvalue weighted by Crippen LogP contribution is -2.24. The largest absolute Gasteiger partial charge is 0.304 e. The second-order valence-corrected chi connectivity index (χ2v) is 4.78. The molecule has 0 fully saturated rings. The molecule has 0 amide bonds. The van der Waals surface area contributed by atoms with Gasteiger partial charge in [0.1, 0.15) is 5.82 Å². The summed E-state index contributed by atoms with van der Waals surface area (Å²) in [7, 11) is 0. The highest BCUT2D eigenvalue weighted by Crippen LogP contribution is 2.13. The summed E-state index contributed by atoms with van der Waals surface area (Å²) in [4.78, 5) is 6.86. The molecule has 0 aromatic carbocycles. The number of rotatable bonds is 7. The first-order valence-electron chi connectivity index (χ1n) is 6.79. The lowest BCUT2D eigenvalue weighted by atomic mass is 10.3. The van der Waals surface area contributed by atoms with Crippen molar-refractivity contribution in [2.24, 2.45) is 0 Å². The summed E-state index contributed by atoms with van der Waals surface area (Å²) in [5, 5.41) is 0. The molecule has 104 valence electrons. The summed E-state index contributed by atoms with van der Waals surface area (Å²) < 4.78 is 2.13. The average Bonchev–Trinajstić information content (AvgIpc) is 2.87. The third kappa shape index (κ3) is 3.45. The SMILES string of the molecule is C=CCN(CC=C)Cc1cccn1-c1cccc(C)n1. The van der Waals surface area contributed by atoms with Crippen LogP contribution in [0.5, 0.6) is 0 Å². The van der Waals surface area contributed by atoms with Crippen molar-refractivity contribution in [3.63, 3.8) is 0 Å². The van der Waals surface area contributed by atoms with Crippen LogP contribution >= 0.6 is 0 Å². The fourth-order valence-corrected chi connectivity index (χ4v) is 2.23. The van der Waals surface area contributed by atoms with E-state index in [1.807, 2.05) is 37.3 Å². The smallest absolute Gasteiger partial charge is 0.137 e. The minimum Gasteiger partial charge on any atom is -0.304 e. The maximum atomic E-state index is 4.58. The number of aryl methyl sites for hydroxylation is 1. The highest BCUT2D eigenvalue weighted by molar-refractivity contribution is 5.29. The molecule has 2 heterocycles. The van der Waals surface area contributed by atoms with Crippen LogP contribution in [0.1, 0.15) is 11.4 Å². The Balaban J connectivity index is 2.23. The van der Waals surface area contributed by atoms with Gasteiger partial charge in [0, 0.05) is 37.2 Å². The van der Waals surface area contributed by atoms with E-state index in [2.05, 4.69) is 45.9 Å². The van der Waals surface area contributed by atoms with Crippen LogP contribution in [0, 0.1) is 6.92 Å². The Hall–Kier alpha value is -2.13. The molecule has 0 saturated heterocycles. The molecule has 2 aromatic rings. The van der Waals surface area contributed by atoms with Crippen molar-refractivity contribution in [2.45, 2.75) is 13.5 Å². The van der Waals surface area contributed by atoms with E-state index >= 15 is 0 Å². The second kappa shape index (κ2) is 6.87. The third-order valence-corrected chi connectivity index (χ3v) is 3.11. The fourth-order valence-electron chi connectivity index (χ4n) is 2.23. The molecule has 0 spiro atoms. The van der Waals surface area contributed by atoms with Gasteiger partial charge in [0.05, 0.1) is 0 Å². The van der Waals surface area contributed by atoms with Gasteiger partial charge in [-0.1, -0.05) is 18.2 Å². The van der Waals surface area contributed by atoms with Crippen LogP contribution in [-0.4, -0.2) is 27.5 Å². The van der Waals surface area contributed by atoms with Crippen molar-refractivity contribution in [3.8, 4) is 5.82 Å². The highest BCUT2D eigenvalue weighted by Gasteiger charge is 2.08. The molecule has 0 aliphatic heterocycles. The van der Waals surface area contributed by atoms with Gasteiger partial charge < -0.3 is 4.57 Å². The van der Waals surface area contributed by atoms with Gasteiger partial charge in [-0.2, -0.15) is 0 Å². The maximum absolute atomic E-state index is 4.58. The molecule has 0 radical (unpaired) electrons. The summed E-state index contributed by atoms with van der Waals surface area (Å²) in [6, 6.07) is 10.3. The van der Waals surface area contributed by atoms with Crippen LogP contribution in [0.15, 0.2) is 61.8 Å². The molecular formula is C17H21N3. The maximum Gasteiger partial charge on any atom is 0.137 e. The van der Waals surface area contributed by atoms with Gasteiger partial charge in [-0.3, -0.25) is 4.90 Å². The molecular weight excluding hydrogens is 246 g/mol. The number of hydrogen-bond acceptors (Lipinski definition) is 2. The zero-order valence-electron chi connectivity index (χ0n) is 12.0. The Kier molecular flexibility index (Phi) is 4.91. The zero-order valence-corrected chi connectivity index (χ0v) is 12.0. The van der Waals surface area contributed by atoms with Crippen molar-refractivity contribution in [1.29, 1.82) is 0 Å². The molecule has 0 atom stereocenters. The summed E-state index contributed by atoms with van der Waals surface area (Å²) in [5.41, 5.74) is 2.24. The molecule has 0 saturated carbocycles. The minimum atomic E-state index is 0.846. The molecule has 20 heavy (non-hydrogen) atoms. The van der Waals surface area contributed by atoms with Gasteiger partial charge in [0.2, 0.25) is 0 Å². The number of aromatic nitrogens is 2. The lowest BCUT2D eigenvalue weighted by molar-refractivity contribution is 0.321. The van der Waals surface area contributed by atoms with Crippen LogP contribution in [0.3, 0.4) is 0 Å². The Morgan fingerprint density at radius 1 is 1.15 bits per heavy atom. The van der Waals surface area contributed by atoms with E-state index in [0.717, 1.165) is 31.1 Å². The van der Waals surface area contributed by atoms with Gasteiger partial charge >= 0.3 is 0 Å². The Bertz CT molecular complexity index is 573. The molecule has 0 bridgehead atoms. The van der Waals surface area contributed by atoms with Crippen LogP contribution < -0.4 is 0 Å². The summed E-state index contributed by atoms with van der Waals surface area (Å²) in [6.07, 6.45) is 5.89. The molecule has 0 aliphatic carbocycles. The summed E-state index contributed by atoms with van der Waals surface area (Å²) >= 11 is 0. The monoisotopic (exact) mass is 267 g/mol. The van der Waals surface area contributed by atoms with Gasteiger partial charge in [-0.05, 0) is 31.2 Å². The fraction of sp³-hybridized carbons (Fsp3) is 0.235. The predicted octanol–water partition coefficient (Wildman–Crippen LogP) is 3.35. The molecule has 3 heteroatoms. The van der Waals surface area contributed by atoms with Crippen molar-refractivity contribution in [2.75, 3.05) is 13.1 Å². The molecule has 0 N–H and O–H groups in total. The Morgan fingerprint density at radius 3 is 2.55 bits per heavy atom.